The molecule has 0 spiro atoms. The van der Waals surface area contributed by atoms with Crippen LogP contribution in [0, 0.1) is 5.92 Å². The number of hydrogen-bond acceptors (Lipinski definition) is 4. The Balaban J connectivity index is 1.61. The predicted octanol–water partition coefficient (Wildman–Crippen LogP) is 5.41. The molecule has 2 atom stereocenters. The van der Waals surface area contributed by atoms with Crippen molar-refractivity contribution < 1.29 is 9.53 Å². The summed E-state index contributed by atoms with van der Waals surface area (Å²) in [4.78, 5) is 14.2. The van der Waals surface area contributed by atoms with Gasteiger partial charge in [0.05, 0.1) is 29.4 Å². The molecule has 2 aromatic carbocycles. The van der Waals surface area contributed by atoms with Crippen LogP contribution in [-0.2, 0) is 4.74 Å². The lowest BCUT2D eigenvalue weighted by Gasteiger charge is -2.33. The standard InChI is InChI=1S/C23H28ClN3O2S/c1-15-5-4-12-27(14-15)19-9-6-17(7-10-19)16(2)25-23(30)26-21-13-18(22(28)29-3)8-11-20(21)24/h6-11,13,15-16H,4-5,12,14H2,1-3H3,(H2,25,26,30)/t15-,16-/m0/s1. The van der Waals surface area contributed by atoms with E-state index in [9.17, 15) is 4.79 Å². The van der Waals surface area contributed by atoms with Crippen LogP contribution in [0.15, 0.2) is 42.5 Å². The van der Waals surface area contributed by atoms with E-state index < -0.39 is 5.97 Å². The molecule has 1 aliphatic heterocycles. The number of carbonyl (C=O) groups is 1. The molecule has 160 valence electrons. The molecule has 5 nitrogen and oxygen atoms in total. The Kier molecular flexibility index (Phi) is 7.56. The van der Waals surface area contributed by atoms with E-state index in [0.29, 0.717) is 21.4 Å². The lowest BCUT2D eigenvalue weighted by atomic mass is 9.99. The van der Waals surface area contributed by atoms with Crippen LogP contribution in [0.3, 0.4) is 0 Å². The third-order valence-corrected chi connectivity index (χ3v) is 5.95. The number of halogens is 1. The van der Waals surface area contributed by atoms with Gasteiger partial charge in [-0.15, -0.1) is 0 Å². The second-order valence-corrected chi connectivity index (χ2v) is 8.61. The molecule has 0 saturated carbocycles. The molecule has 0 aromatic heterocycles. The van der Waals surface area contributed by atoms with Crippen LogP contribution >= 0.6 is 23.8 Å². The summed E-state index contributed by atoms with van der Waals surface area (Å²) in [6, 6.07) is 13.5. The number of rotatable bonds is 5. The molecule has 2 N–H and O–H groups in total. The van der Waals surface area contributed by atoms with E-state index in [1.54, 1.807) is 18.2 Å². The molecule has 0 unspecified atom stereocenters. The fourth-order valence-corrected chi connectivity index (χ4v) is 4.15. The molecule has 0 aliphatic carbocycles. The zero-order chi connectivity index (χ0) is 21.7. The SMILES string of the molecule is COC(=O)c1ccc(Cl)c(NC(=S)N[C@@H](C)c2ccc(N3CCC[C@H](C)C3)cc2)c1. The van der Waals surface area contributed by atoms with Crippen molar-refractivity contribution in [1.29, 1.82) is 0 Å². The lowest BCUT2D eigenvalue weighted by Crippen LogP contribution is -2.34. The largest absolute Gasteiger partial charge is 0.465 e. The van der Waals surface area contributed by atoms with Crippen molar-refractivity contribution in [2.45, 2.75) is 32.7 Å². The Morgan fingerprint density at radius 2 is 2.00 bits per heavy atom. The Labute approximate surface area is 188 Å². The number of hydrogen-bond donors (Lipinski definition) is 2. The summed E-state index contributed by atoms with van der Waals surface area (Å²) in [7, 11) is 1.34. The molecule has 7 heteroatoms. The van der Waals surface area contributed by atoms with Gasteiger partial charge in [0.25, 0.3) is 0 Å². The van der Waals surface area contributed by atoms with Crippen LogP contribution in [-0.4, -0.2) is 31.3 Å². The molecule has 3 rings (SSSR count). The number of esters is 1. The van der Waals surface area contributed by atoms with Gasteiger partial charge >= 0.3 is 5.97 Å². The first kappa shape index (κ1) is 22.4. The Hall–Kier alpha value is -2.31. The van der Waals surface area contributed by atoms with E-state index in [4.69, 9.17) is 28.6 Å². The molecule has 1 saturated heterocycles. The molecule has 30 heavy (non-hydrogen) atoms. The number of nitrogens with one attached hydrogen (secondary N) is 2. The number of benzene rings is 2. The van der Waals surface area contributed by atoms with Crippen LogP contribution in [0.2, 0.25) is 5.02 Å². The zero-order valence-corrected chi connectivity index (χ0v) is 19.1. The Bertz CT molecular complexity index is 904. The van der Waals surface area contributed by atoms with Gasteiger partial charge in [-0.1, -0.05) is 30.7 Å². The molecule has 0 bridgehead atoms. The molecule has 1 aliphatic rings. The van der Waals surface area contributed by atoms with Gasteiger partial charge < -0.3 is 20.3 Å². The van der Waals surface area contributed by atoms with Crippen molar-refractivity contribution in [3.63, 3.8) is 0 Å². The summed E-state index contributed by atoms with van der Waals surface area (Å²) in [6.07, 6.45) is 2.56. The van der Waals surface area contributed by atoms with Gasteiger partial charge in [0.2, 0.25) is 0 Å². The van der Waals surface area contributed by atoms with Gasteiger partial charge in [0, 0.05) is 18.8 Å². The number of piperidine rings is 1. The second-order valence-electron chi connectivity index (χ2n) is 7.79. The molecule has 1 heterocycles. The van der Waals surface area contributed by atoms with Crippen molar-refractivity contribution >= 4 is 46.3 Å². The van der Waals surface area contributed by atoms with Crippen molar-refractivity contribution in [3.05, 3.63) is 58.6 Å². The number of anilines is 2. The predicted molar refractivity (Wildman–Crippen MR) is 128 cm³/mol. The highest BCUT2D eigenvalue weighted by Gasteiger charge is 2.17. The molecular formula is C23H28ClN3O2S. The summed E-state index contributed by atoms with van der Waals surface area (Å²) < 4.78 is 4.76. The fourth-order valence-electron chi connectivity index (χ4n) is 3.70. The maximum Gasteiger partial charge on any atom is 0.337 e. The van der Waals surface area contributed by atoms with Crippen molar-refractivity contribution in [2.75, 3.05) is 30.4 Å². The fraction of sp³-hybridized carbons (Fsp3) is 0.391. The van der Waals surface area contributed by atoms with Crippen molar-refractivity contribution in [2.24, 2.45) is 5.92 Å². The molecule has 2 aromatic rings. The number of carbonyl (C=O) groups excluding carboxylic acids is 1. The number of methoxy groups -OCH3 is 1. The highest BCUT2D eigenvalue weighted by Crippen LogP contribution is 2.26. The van der Waals surface area contributed by atoms with Gasteiger partial charge in [-0.05, 0) is 73.8 Å². The number of ether oxygens (including phenoxy) is 1. The van der Waals surface area contributed by atoms with Crippen molar-refractivity contribution in [1.82, 2.24) is 5.32 Å². The van der Waals surface area contributed by atoms with E-state index >= 15 is 0 Å². The summed E-state index contributed by atoms with van der Waals surface area (Å²) in [5.41, 5.74) is 3.37. The van der Waals surface area contributed by atoms with Crippen LogP contribution in [0.25, 0.3) is 0 Å². The normalized spacial score (nSPS) is 17.2. The van der Waals surface area contributed by atoms with Gasteiger partial charge in [0.1, 0.15) is 0 Å². The Morgan fingerprint density at radius 3 is 2.67 bits per heavy atom. The number of nitrogens with zero attached hydrogens (tertiary/aromatic N) is 1. The lowest BCUT2D eigenvalue weighted by molar-refractivity contribution is 0.0601. The van der Waals surface area contributed by atoms with E-state index in [-0.39, 0.29) is 6.04 Å². The quantitative estimate of drug-likeness (QED) is 0.474. The molecular weight excluding hydrogens is 418 g/mol. The van der Waals surface area contributed by atoms with Crippen LogP contribution in [0.5, 0.6) is 0 Å². The highest BCUT2D eigenvalue weighted by molar-refractivity contribution is 7.80. The van der Waals surface area contributed by atoms with Crippen LogP contribution in [0.1, 0.15) is 48.7 Å². The maximum atomic E-state index is 11.7. The first-order valence-electron chi connectivity index (χ1n) is 10.2. The van der Waals surface area contributed by atoms with Gasteiger partial charge in [-0.3, -0.25) is 0 Å². The van der Waals surface area contributed by atoms with Crippen LogP contribution < -0.4 is 15.5 Å². The average Bonchev–Trinajstić information content (AvgIpc) is 2.74. The third kappa shape index (κ3) is 5.64. The smallest absolute Gasteiger partial charge is 0.337 e. The summed E-state index contributed by atoms with van der Waals surface area (Å²) in [6.45, 7) is 6.61. The summed E-state index contributed by atoms with van der Waals surface area (Å²) >= 11 is 11.7. The molecule has 0 radical (unpaired) electrons. The Morgan fingerprint density at radius 1 is 1.27 bits per heavy atom. The highest BCUT2D eigenvalue weighted by atomic mass is 35.5. The third-order valence-electron chi connectivity index (χ3n) is 5.40. The average molecular weight is 446 g/mol. The maximum absolute atomic E-state index is 11.7. The van der Waals surface area contributed by atoms with Gasteiger partial charge in [0.15, 0.2) is 5.11 Å². The minimum absolute atomic E-state index is 0.0156. The van der Waals surface area contributed by atoms with Gasteiger partial charge in [-0.25, -0.2) is 4.79 Å². The molecule has 1 fully saturated rings. The molecule has 0 amide bonds. The first-order valence-corrected chi connectivity index (χ1v) is 11.0. The van der Waals surface area contributed by atoms with Crippen molar-refractivity contribution in [3.8, 4) is 0 Å². The first-order chi connectivity index (χ1) is 14.4. The minimum Gasteiger partial charge on any atom is -0.465 e. The van der Waals surface area contributed by atoms with Gasteiger partial charge in [-0.2, -0.15) is 0 Å². The monoisotopic (exact) mass is 445 g/mol. The minimum atomic E-state index is -0.426. The zero-order valence-electron chi connectivity index (χ0n) is 17.6. The van der Waals surface area contributed by atoms with E-state index in [1.165, 1.54) is 25.6 Å². The second kappa shape index (κ2) is 10.1. The number of thiocarbonyl (C=S) groups is 1. The van der Waals surface area contributed by atoms with Crippen LogP contribution in [0.4, 0.5) is 11.4 Å². The van der Waals surface area contributed by atoms with E-state index in [1.807, 2.05) is 0 Å². The van der Waals surface area contributed by atoms with E-state index in [0.717, 1.165) is 24.6 Å². The van der Waals surface area contributed by atoms with E-state index in [2.05, 4.69) is 53.6 Å². The summed E-state index contributed by atoms with van der Waals surface area (Å²) in [5, 5.41) is 7.25. The summed E-state index contributed by atoms with van der Waals surface area (Å²) in [5.74, 6) is 0.317. The topological polar surface area (TPSA) is 53.6 Å².